The van der Waals surface area contributed by atoms with Gasteiger partial charge >= 0.3 is 11.9 Å². The highest BCUT2D eigenvalue weighted by molar-refractivity contribution is 7.89. The topological polar surface area (TPSA) is 131 Å². The summed E-state index contributed by atoms with van der Waals surface area (Å²) in [6.45, 7) is 0. The number of carbonyl (C=O) groups is 2. The van der Waals surface area contributed by atoms with Gasteiger partial charge in [0.05, 0.1) is 30.9 Å². The second-order valence-electron chi connectivity index (χ2n) is 4.08. The molecule has 0 aromatic heterocycles. The van der Waals surface area contributed by atoms with Crippen molar-refractivity contribution in [2.24, 2.45) is 0 Å². The lowest BCUT2D eigenvalue weighted by Crippen LogP contribution is -2.19. The Kier molecular flexibility index (Phi) is 6.10. The van der Waals surface area contributed by atoms with Gasteiger partial charge in [-0.2, -0.15) is 0 Å². The zero-order valence-electron chi connectivity index (χ0n) is 12.6. The van der Waals surface area contributed by atoms with E-state index >= 15 is 0 Å². The van der Waals surface area contributed by atoms with Crippen LogP contribution in [0.2, 0.25) is 0 Å². The first-order valence-electron chi connectivity index (χ1n) is 6.16. The normalized spacial score (nSPS) is 11.7. The van der Waals surface area contributed by atoms with Gasteiger partial charge in [-0.15, -0.1) is 0 Å². The van der Waals surface area contributed by atoms with Gasteiger partial charge in [-0.05, 0) is 25.2 Å². The van der Waals surface area contributed by atoms with Crippen molar-refractivity contribution in [1.82, 2.24) is 4.72 Å². The Hall–Kier alpha value is -2.59. The van der Waals surface area contributed by atoms with Gasteiger partial charge in [-0.3, -0.25) is 0 Å². The number of nitrogens with one attached hydrogen (secondary N) is 2. The minimum absolute atomic E-state index is 0.109. The van der Waals surface area contributed by atoms with Crippen molar-refractivity contribution in [2.75, 3.05) is 26.6 Å². The number of ether oxygens (including phenoxy) is 2. The molecule has 0 spiro atoms. The first-order chi connectivity index (χ1) is 10.7. The molecule has 126 valence electrons. The molecule has 1 rings (SSSR count). The van der Waals surface area contributed by atoms with Crippen LogP contribution >= 0.6 is 0 Å². The minimum atomic E-state index is -3.76. The van der Waals surface area contributed by atoms with Crippen LogP contribution < -0.4 is 10.0 Å². The van der Waals surface area contributed by atoms with Crippen LogP contribution in [0.4, 0.5) is 5.69 Å². The smallest absolute Gasteiger partial charge is 0.354 e. The van der Waals surface area contributed by atoms with E-state index in [1.165, 1.54) is 13.1 Å². The summed E-state index contributed by atoms with van der Waals surface area (Å²) in [7, 11) is -0.316. The number of aromatic hydroxyl groups is 1. The maximum atomic E-state index is 11.8. The predicted molar refractivity (Wildman–Crippen MR) is 80.1 cm³/mol. The molecule has 0 saturated heterocycles. The van der Waals surface area contributed by atoms with E-state index < -0.39 is 22.0 Å². The van der Waals surface area contributed by atoms with Crippen molar-refractivity contribution >= 4 is 27.6 Å². The molecule has 10 heteroatoms. The number of hydrogen-bond donors (Lipinski definition) is 3. The van der Waals surface area contributed by atoms with Crippen LogP contribution in [0, 0.1) is 0 Å². The molecule has 0 saturated carbocycles. The number of methoxy groups -OCH3 is 2. The lowest BCUT2D eigenvalue weighted by Gasteiger charge is -2.12. The molecule has 23 heavy (non-hydrogen) atoms. The van der Waals surface area contributed by atoms with Gasteiger partial charge in [-0.25, -0.2) is 22.7 Å². The average molecular weight is 344 g/mol. The molecule has 0 bridgehead atoms. The molecule has 0 radical (unpaired) electrons. The summed E-state index contributed by atoms with van der Waals surface area (Å²) in [6.07, 6.45) is 0.810. The van der Waals surface area contributed by atoms with Crippen LogP contribution in [0.1, 0.15) is 0 Å². The van der Waals surface area contributed by atoms with Crippen LogP contribution in [0.25, 0.3) is 0 Å². The third-order valence-corrected chi connectivity index (χ3v) is 4.10. The van der Waals surface area contributed by atoms with Gasteiger partial charge in [0, 0.05) is 0 Å². The first kappa shape index (κ1) is 18.5. The number of sulfonamides is 1. The maximum absolute atomic E-state index is 11.8. The van der Waals surface area contributed by atoms with Gasteiger partial charge in [0.15, 0.2) is 0 Å². The standard InChI is InChI=1S/C13H16N2O7S/c1-14-23(19,20)8-4-5-11(16)9(6-8)15-10(13(18)22-3)7-12(17)21-2/h4-7,14-16H,1-3H3/b10-7+. The zero-order chi connectivity index (χ0) is 17.6. The molecule has 0 heterocycles. The van der Waals surface area contributed by atoms with Crippen LogP contribution in [0.15, 0.2) is 34.9 Å². The Labute approximate surface area is 133 Å². The van der Waals surface area contributed by atoms with E-state index in [0.717, 1.165) is 32.4 Å². The molecule has 0 amide bonds. The minimum Gasteiger partial charge on any atom is -0.506 e. The van der Waals surface area contributed by atoms with Crippen molar-refractivity contribution < 1.29 is 32.6 Å². The van der Waals surface area contributed by atoms with Crippen LogP contribution in [-0.2, 0) is 29.1 Å². The number of benzene rings is 1. The Morgan fingerprint density at radius 2 is 1.87 bits per heavy atom. The first-order valence-corrected chi connectivity index (χ1v) is 7.65. The van der Waals surface area contributed by atoms with E-state index in [2.05, 4.69) is 19.5 Å². The number of rotatable bonds is 6. The summed E-state index contributed by atoms with van der Waals surface area (Å²) in [5.41, 5.74) is -0.449. The summed E-state index contributed by atoms with van der Waals surface area (Å²) in [5.74, 6) is -2.08. The molecular formula is C13H16N2O7S. The number of phenolic OH excluding ortho intramolecular Hbond substituents is 1. The number of carbonyl (C=O) groups excluding carboxylic acids is 2. The van der Waals surface area contributed by atoms with Crippen molar-refractivity contribution in [2.45, 2.75) is 4.90 Å². The third-order valence-electron chi connectivity index (χ3n) is 2.69. The van der Waals surface area contributed by atoms with Gasteiger partial charge in [0.1, 0.15) is 11.4 Å². The average Bonchev–Trinajstić information content (AvgIpc) is 2.54. The lowest BCUT2D eigenvalue weighted by molar-refractivity contribution is -0.138. The van der Waals surface area contributed by atoms with Gasteiger partial charge in [-0.1, -0.05) is 0 Å². The van der Waals surface area contributed by atoms with E-state index in [-0.39, 0.29) is 22.0 Å². The fourth-order valence-electron chi connectivity index (χ4n) is 1.48. The molecule has 1 aromatic rings. The number of hydrogen-bond acceptors (Lipinski definition) is 8. The van der Waals surface area contributed by atoms with Crippen LogP contribution in [0.3, 0.4) is 0 Å². The van der Waals surface area contributed by atoms with E-state index in [0.29, 0.717) is 0 Å². The van der Waals surface area contributed by atoms with E-state index in [1.54, 1.807) is 0 Å². The Bertz CT molecular complexity index is 741. The monoisotopic (exact) mass is 344 g/mol. The van der Waals surface area contributed by atoms with Crippen molar-refractivity contribution in [3.63, 3.8) is 0 Å². The number of anilines is 1. The third kappa shape index (κ3) is 4.69. The highest BCUT2D eigenvalue weighted by Crippen LogP contribution is 2.27. The Balaban J connectivity index is 3.28. The summed E-state index contributed by atoms with van der Waals surface area (Å²) in [4.78, 5) is 22.8. The predicted octanol–water partition coefficient (Wildman–Crippen LogP) is -0.0579. The fourth-order valence-corrected chi connectivity index (χ4v) is 2.23. The lowest BCUT2D eigenvalue weighted by atomic mass is 10.2. The summed E-state index contributed by atoms with van der Waals surface area (Å²) in [6, 6.07) is 3.39. The summed E-state index contributed by atoms with van der Waals surface area (Å²) < 4.78 is 34.5. The van der Waals surface area contributed by atoms with Crippen molar-refractivity contribution in [3.05, 3.63) is 30.0 Å². The highest BCUT2D eigenvalue weighted by atomic mass is 32.2. The molecule has 0 unspecified atom stereocenters. The summed E-state index contributed by atoms with van der Waals surface area (Å²) in [5, 5.41) is 12.2. The Morgan fingerprint density at radius 3 is 2.39 bits per heavy atom. The maximum Gasteiger partial charge on any atom is 0.354 e. The summed E-state index contributed by atoms with van der Waals surface area (Å²) >= 11 is 0. The molecule has 9 nitrogen and oxygen atoms in total. The fraction of sp³-hybridized carbons (Fsp3) is 0.231. The molecule has 0 aliphatic rings. The van der Waals surface area contributed by atoms with Gasteiger partial charge in [0.2, 0.25) is 10.0 Å². The highest BCUT2D eigenvalue weighted by Gasteiger charge is 2.18. The molecule has 0 atom stereocenters. The molecular weight excluding hydrogens is 328 g/mol. The van der Waals surface area contributed by atoms with E-state index in [4.69, 9.17) is 0 Å². The second kappa shape index (κ2) is 7.61. The van der Waals surface area contributed by atoms with E-state index in [9.17, 15) is 23.1 Å². The van der Waals surface area contributed by atoms with Crippen LogP contribution in [-0.4, -0.2) is 46.7 Å². The zero-order valence-corrected chi connectivity index (χ0v) is 13.4. The largest absolute Gasteiger partial charge is 0.506 e. The van der Waals surface area contributed by atoms with Crippen molar-refractivity contribution in [3.8, 4) is 5.75 Å². The Morgan fingerprint density at radius 1 is 1.22 bits per heavy atom. The molecule has 0 aliphatic carbocycles. The molecule has 3 N–H and O–H groups in total. The molecule has 0 fully saturated rings. The number of esters is 2. The SMILES string of the molecule is CNS(=O)(=O)c1ccc(O)c(N/C(=C/C(=O)OC)C(=O)OC)c1. The van der Waals surface area contributed by atoms with Gasteiger partial charge < -0.3 is 19.9 Å². The number of phenols is 1. The van der Waals surface area contributed by atoms with Gasteiger partial charge in [0.25, 0.3) is 0 Å². The van der Waals surface area contributed by atoms with Crippen LogP contribution in [0.5, 0.6) is 5.75 Å². The molecule has 1 aromatic carbocycles. The quantitative estimate of drug-likeness (QED) is 0.372. The molecule has 0 aliphatic heterocycles. The van der Waals surface area contributed by atoms with E-state index in [1.807, 2.05) is 0 Å². The van der Waals surface area contributed by atoms with Crippen molar-refractivity contribution in [1.29, 1.82) is 0 Å². The second-order valence-corrected chi connectivity index (χ2v) is 5.97.